The fourth-order valence-corrected chi connectivity index (χ4v) is 1.70. The third kappa shape index (κ3) is 3.26. The summed E-state index contributed by atoms with van der Waals surface area (Å²) in [5.41, 5.74) is 5.42. The van der Waals surface area contributed by atoms with Crippen LogP contribution in [0.2, 0.25) is 0 Å². The van der Waals surface area contributed by atoms with Crippen molar-refractivity contribution < 1.29 is 9.26 Å². The molecule has 90 valence electrons. The van der Waals surface area contributed by atoms with E-state index in [1.807, 2.05) is 0 Å². The van der Waals surface area contributed by atoms with Gasteiger partial charge in [-0.05, 0) is 6.54 Å². The summed E-state index contributed by atoms with van der Waals surface area (Å²) in [6.07, 6.45) is 1.48. The van der Waals surface area contributed by atoms with E-state index in [1.54, 1.807) is 0 Å². The van der Waals surface area contributed by atoms with Crippen LogP contribution in [0.15, 0.2) is 4.52 Å². The van der Waals surface area contributed by atoms with Gasteiger partial charge in [0.1, 0.15) is 0 Å². The molecule has 1 aromatic rings. The van der Waals surface area contributed by atoms with Crippen LogP contribution in [0.25, 0.3) is 0 Å². The van der Waals surface area contributed by atoms with Crippen molar-refractivity contribution in [3.63, 3.8) is 0 Å². The van der Waals surface area contributed by atoms with E-state index in [1.165, 1.54) is 0 Å². The topological polar surface area (TPSA) is 77.4 Å². The van der Waals surface area contributed by atoms with Crippen molar-refractivity contribution in [3.8, 4) is 0 Å². The first-order valence-corrected chi connectivity index (χ1v) is 5.70. The van der Waals surface area contributed by atoms with Gasteiger partial charge in [0.25, 0.3) is 0 Å². The van der Waals surface area contributed by atoms with Gasteiger partial charge in [0.2, 0.25) is 5.89 Å². The quantitative estimate of drug-likeness (QED) is 0.725. The van der Waals surface area contributed by atoms with Gasteiger partial charge in [-0.15, -0.1) is 0 Å². The molecule has 6 nitrogen and oxygen atoms in total. The largest absolute Gasteiger partial charge is 0.379 e. The second-order valence-electron chi connectivity index (χ2n) is 3.85. The summed E-state index contributed by atoms with van der Waals surface area (Å²) in [5.74, 6) is 1.41. The molecule has 0 spiro atoms. The molecule has 0 aromatic carbocycles. The summed E-state index contributed by atoms with van der Waals surface area (Å²) in [4.78, 5) is 6.61. The zero-order chi connectivity index (χ0) is 11.2. The Morgan fingerprint density at radius 1 is 1.25 bits per heavy atom. The molecule has 2 rings (SSSR count). The molecule has 0 aliphatic carbocycles. The van der Waals surface area contributed by atoms with Gasteiger partial charge < -0.3 is 15.0 Å². The van der Waals surface area contributed by atoms with E-state index in [4.69, 9.17) is 15.0 Å². The summed E-state index contributed by atoms with van der Waals surface area (Å²) < 4.78 is 10.4. The third-order valence-corrected chi connectivity index (χ3v) is 2.62. The van der Waals surface area contributed by atoms with E-state index in [9.17, 15) is 0 Å². The summed E-state index contributed by atoms with van der Waals surface area (Å²) in [6, 6.07) is 0. The van der Waals surface area contributed by atoms with Crippen LogP contribution in [0.1, 0.15) is 11.7 Å². The Balaban J connectivity index is 1.75. The van der Waals surface area contributed by atoms with Gasteiger partial charge in [-0.3, -0.25) is 4.90 Å². The fourth-order valence-electron chi connectivity index (χ4n) is 1.70. The average Bonchev–Trinajstić information content (AvgIpc) is 2.76. The van der Waals surface area contributed by atoms with Gasteiger partial charge in [-0.1, -0.05) is 5.16 Å². The number of morpholine rings is 1. The molecule has 1 saturated heterocycles. The average molecular weight is 226 g/mol. The second kappa shape index (κ2) is 5.93. The van der Waals surface area contributed by atoms with E-state index in [0.717, 1.165) is 39.3 Å². The van der Waals surface area contributed by atoms with E-state index in [2.05, 4.69) is 15.0 Å². The number of aromatic nitrogens is 2. The lowest BCUT2D eigenvalue weighted by Crippen LogP contribution is -2.37. The molecule has 16 heavy (non-hydrogen) atoms. The first-order chi connectivity index (χ1) is 7.88. The first kappa shape index (κ1) is 11.5. The van der Waals surface area contributed by atoms with Crippen molar-refractivity contribution in [1.29, 1.82) is 0 Å². The molecule has 2 heterocycles. The van der Waals surface area contributed by atoms with Crippen LogP contribution in [0.3, 0.4) is 0 Å². The standard InChI is InChI=1S/C10H18N4O2/c11-3-1-9-12-10(16-13-9)2-4-14-5-7-15-8-6-14/h1-8,11H2. The number of hydrogen-bond acceptors (Lipinski definition) is 6. The van der Waals surface area contributed by atoms with Crippen LogP contribution < -0.4 is 5.73 Å². The molecule has 0 saturated carbocycles. The molecular weight excluding hydrogens is 208 g/mol. The van der Waals surface area contributed by atoms with Crippen molar-refractivity contribution in [1.82, 2.24) is 15.0 Å². The van der Waals surface area contributed by atoms with Gasteiger partial charge >= 0.3 is 0 Å². The molecule has 0 atom stereocenters. The fraction of sp³-hybridized carbons (Fsp3) is 0.800. The van der Waals surface area contributed by atoms with Crippen molar-refractivity contribution in [2.45, 2.75) is 12.8 Å². The van der Waals surface area contributed by atoms with Gasteiger partial charge in [-0.25, -0.2) is 0 Å². The molecule has 0 radical (unpaired) electrons. The van der Waals surface area contributed by atoms with E-state index >= 15 is 0 Å². The highest BCUT2D eigenvalue weighted by Crippen LogP contribution is 2.02. The van der Waals surface area contributed by atoms with Crippen LogP contribution in [0, 0.1) is 0 Å². The third-order valence-electron chi connectivity index (χ3n) is 2.62. The summed E-state index contributed by atoms with van der Waals surface area (Å²) in [7, 11) is 0. The lowest BCUT2D eigenvalue weighted by molar-refractivity contribution is 0.0375. The summed E-state index contributed by atoms with van der Waals surface area (Å²) in [5, 5.41) is 3.86. The minimum atomic E-state index is 0.558. The Morgan fingerprint density at radius 3 is 2.81 bits per heavy atom. The zero-order valence-corrected chi connectivity index (χ0v) is 9.39. The van der Waals surface area contributed by atoms with Gasteiger partial charge in [0, 0.05) is 32.5 Å². The predicted octanol–water partition coefficient (Wildman–Crippen LogP) is -0.554. The number of rotatable bonds is 5. The highest BCUT2D eigenvalue weighted by molar-refractivity contribution is 4.87. The Morgan fingerprint density at radius 2 is 2.06 bits per heavy atom. The van der Waals surface area contributed by atoms with Crippen molar-refractivity contribution >= 4 is 0 Å². The molecule has 1 aromatic heterocycles. The van der Waals surface area contributed by atoms with E-state index < -0.39 is 0 Å². The maximum absolute atomic E-state index is 5.42. The van der Waals surface area contributed by atoms with Crippen LogP contribution in [-0.2, 0) is 17.6 Å². The summed E-state index contributed by atoms with van der Waals surface area (Å²) in [6.45, 7) is 5.13. The second-order valence-corrected chi connectivity index (χ2v) is 3.85. The van der Waals surface area contributed by atoms with Crippen LogP contribution >= 0.6 is 0 Å². The maximum atomic E-state index is 5.42. The van der Waals surface area contributed by atoms with E-state index in [0.29, 0.717) is 24.7 Å². The zero-order valence-electron chi connectivity index (χ0n) is 9.39. The Hall–Kier alpha value is -0.980. The molecule has 1 aliphatic rings. The van der Waals surface area contributed by atoms with Crippen LogP contribution in [0.5, 0.6) is 0 Å². The Kier molecular flexibility index (Phi) is 4.26. The van der Waals surface area contributed by atoms with Gasteiger partial charge in [-0.2, -0.15) is 4.98 Å². The first-order valence-electron chi connectivity index (χ1n) is 5.70. The van der Waals surface area contributed by atoms with Gasteiger partial charge in [0.05, 0.1) is 13.2 Å². The molecule has 0 unspecified atom stereocenters. The minimum Gasteiger partial charge on any atom is -0.379 e. The number of nitrogens with two attached hydrogens (primary N) is 1. The van der Waals surface area contributed by atoms with E-state index in [-0.39, 0.29) is 0 Å². The van der Waals surface area contributed by atoms with Crippen LogP contribution in [-0.4, -0.2) is 54.4 Å². The minimum absolute atomic E-state index is 0.558. The molecule has 2 N–H and O–H groups in total. The SMILES string of the molecule is NCCc1noc(CCN2CCOCC2)n1. The Labute approximate surface area is 94.7 Å². The monoisotopic (exact) mass is 226 g/mol. The lowest BCUT2D eigenvalue weighted by atomic mass is 10.3. The van der Waals surface area contributed by atoms with Crippen molar-refractivity contribution in [2.24, 2.45) is 5.73 Å². The number of nitrogens with zero attached hydrogens (tertiary/aromatic N) is 3. The lowest BCUT2D eigenvalue weighted by Gasteiger charge is -2.25. The van der Waals surface area contributed by atoms with Crippen molar-refractivity contribution in [3.05, 3.63) is 11.7 Å². The predicted molar refractivity (Wildman–Crippen MR) is 58.0 cm³/mol. The molecule has 0 bridgehead atoms. The van der Waals surface area contributed by atoms with Crippen LogP contribution in [0.4, 0.5) is 0 Å². The number of ether oxygens (including phenoxy) is 1. The molecule has 1 aliphatic heterocycles. The molecule has 1 fully saturated rings. The maximum Gasteiger partial charge on any atom is 0.227 e. The smallest absolute Gasteiger partial charge is 0.227 e. The molecular formula is C10H18N4O2. The normalized spacial score (nSPS) is 17.8. The number of hydrogen-bond donors (Lipinski definition) is 1. The molecule has 6 heteroatoms. The Bertz CT molecular complexity index is 310. The summed E-state index contributed by atoms with van der Waals surface area (Å²) >= 11 is 0. The highest BCUT2D eigenvalue weighted by Gasteiger charge is 2.12. The molecule has 0 amide bonds. The van der Waals surface area contributed by atoms with Crippen molar-refractivity contribution in [2.75, 3.05) is 39.4 Å². The highest BCUT2D eigenvalue weighted by atomic mass is 16.5. The van der Waals surface area contributed by atoms with Gasteiger partial charge in [0.15, 0.2) is 5.82 Å².